The highest BCUT2D eigenvalue weighted by molar-refractivity contribution is 5.71. The molecule has 1 unspecified atom stereocenters. The van der Waals surface area contributed by atoms with Crippen molar-refractivity contribution in [2.75, 3.05) is 13.2 Å². The summed E-state index contributed by atoms with van der Waals surface area (Å²) < 4.78 is 16.7. The first-order chi connectivity index (χ1) is 31.5. The minimum Gasteiger partial charge on any atom is -0.462 e. The molecule has 6 nitrogen and oxygen atoms in total. The van der Waals surface area contributed by atoms with Gasteiger partial charge in [-0.1, -0.05) is 235 Å². The highest BCUT2D eigenvalue weighted by atomic mass is 16.6. The maximum Gasteiger partial charge on any atom is 0.306 e. The molecule has 0 saturated carbocycles. The first-order valence-corrected chi connectivity index (χ1v) is 26.9. The Bertz CT molecular complexity index is 1210. The second kappa shape index (κ2) is 52.5. The SMILES string of the molecule is CC/C=C\C/C=C\C/C=C\C/C=C\CCC(=O)OCC(COC(=O)CCCCCCCCC/C=C\C/C=C\CCCCC)OC(=O)CCCCCCCCCCCCCCCCCC. The number of allylic oxidation sites excluding steroid dienone is 12. The van der Waals surface area contributed by atoms with E-state index in [9.17, 15) is 14.4 Å². The van der Waals surface area contributed by atoms with Gasteiger partial charge in [0.05, 0.1) is 0 Å². The van der Waals surface area contributed by atoms with Crippen molar-refractivity contribution in [3.63, 3.8) is 0 Å². The van der Waals surface area contributed by atoms with E-state index in [1.165, 1.54) is 135 Å². The first-order valence-electron chi connectivity index (χ1n) is 26.9. The number of ether oxygens (including phenoxy) is 3. The fourth-order valence-electron chi connectivity index (χ4n) is 7.43. The average molecular weight is 893 g/mol. The van der Waals surface area contributed by atoms with Crippen LogP contribution in [-0.2, 0) is 28.6 Å². The molecule has 0 fully saturated rings. The topological polar surface area (TPSA) is 78.9 Å². The van der Waals surface area contributed by atoms with E-state index in [0.29, 0.717) is 19.3 Å². The zero-order valence-electron chi connectivity index (χ0n) is 42.0. The maximum absolute atomic E-state index is 12.8. The Hall–Kier alpha value is -3.15. The third kappa shape index (κ3) is 49.9. The molecule has 0 aromatic carbocycles. The van der Waals surface area contributed by atoms with Crippen molar-refractivity contribution >= 4 is 17.9 Å². The van der Waals surface area contributed by atoms with Gasteiger partial charge in [0.2, 0.25) is 0 Å². The van der Waals surface area contributed by atoms with Gasteiger partial charge in [0.25, 0.3) is 0 Å². The fourth-order valence-corrected chi connectivity index (χ4v) is 7.43. The highest BCUT2D eigenvalue weighted by Crippen LogP contribution is 2.15. The maximum atomic E-state index is 12.8. The van der Waals surface area contributed by atoms with Crippen LogP contribution in [0, 0.1) is 0 Å². The summed E-state index contributed by atoms with van der Waals surface area (Å²) >= 11 is 0. The standard InChI is InChI=1S/C58H100O6/c1-4-7-10-13-16-19-22-25-27-29-31-33-36-39-42-45-48-51-57(60)63-54-55(53-62-56(59)50-47-44-41-38-35-32-24-21-18-15-12-9-6-3)64-58(61)52-49-46-43-40-37-34-30-28-26-23-20-17-14-11-8-5-2/h9,12,16,18-19,21,25,27,32,35,41,44,55H,4-8,10-11,13-15,17,20,22-24,26,28-31,33-34,36-40,42-43,45-54H2,1-3H3/b12-9-,19-16-,21-18-,27-25-,35-32-,44-41-. The van der Waals surface area contributed by atoms with Gasteiger partial charge in [-0.25, -0.2) is 0 Å². The molecule has 1 atom stereocenters. The number of esters is 3. The molecule has 0 bridgehead atoms. The number of unbranched alkanes of at least 4 members (excludes halogenated alkanes) is 25. The van der Waals surface area contributed by atoms with Crippen LogP contribution in [0.1, 0.15) is 258 Å². The molecule has 64 heavy (non-hydrogen) atoms. The number of hydrogen-bond acceptors (Lipinski definition) is 6. The molecule has 0 heterocycles. The van der Waals surface area contributed by atoms with E-state index in [2.05, 4.69) is 87.6 Å². The number of carbonyl (C=O) groups excluding carboxylic acids is 3. The lowest BCUT2D eigenvalue weighted by Gasteiger charge is -2.18. The molecule has 0 aliphatic heterocycles. The Morgan fingerprint density at radius 1 is 0.328 bits per heavy atom. The van der Waals surface area contributed by atoms with Crippen molar-refractivity contribution in [1.29, 1.82) is 0 Å². The van der Waals surface area contributed by atoms with Crippen LogP contribution in [-0.4, -0.2) is 37.2 Å². The second-order valence-electron chi connectivity index (χ2n) is 17.8. The van der Waals surface area contributed by atoms with Crippen molar-refractivity contribution in [3.05, 3.63) is 72.9 Å². The number of rotatable bonds is 48. The molecule has 0 spiro atoms. The second-order valence-corrected chi connectivity index (χ2v) is 17.8. The molecule has 0 radical (unpaired) electrons. The Balaban J connectivity index is 4.44. The van der Waals surface area contributed by atoms with Crippen LogP contribution in [0.2, 0.25) is 0 Å². The molecular weight excluding hydrogens is 793 g/mol. The Morgan fingerprint density at radius 3 is 1.08 bits per heavy atom. The summed E-state index contributed by atoms with van der Waals surface area (Å²) in [4.78, 5) is 38.0. The van der Waals surface area contributed by atoms with E-state index in [-0.39, 0.29) is 37.5 Å². The van der Waals surface area contributed by atoms with E-state index in [0.717, 1.165) is 77.0 Å². The summed E-state index contributed by atoms with van der Waals surface area (Å²) in [7, 11) is 0. The predicted molar refractivity (Wildman–Crippen MR) is 274 cm³/mol. The Labute approximate surface area is 395 Å². The molecule has 368 valence electrons. The normalized spacial score (nSPS) is 12.6. The zero-order chi connectivity index (χ0) is 46.5. The first kappa shape index (κ1) is 60.9. The molecule has 0 N–H and O–H groups in total. The van der Waals surface area contributed by atoms with Crippen molar-refractivity contribution in [2.45, 2.75) is 264 Å². The fraction of sp³-hybridized carbons (Fsp3) is 0.741. The van der Waals surface area contributed by atoms with Gasteiger partial charge in [0.1, 0.15) is 13.2 Å². The molecule has 0 rings (SSSR count). The molecule has 0 aliphatic carbocycles. The van der Waals surface area contributed by atoms with E-state index >= 15 is 0 Å². The minimum atomic E-state index is -0.805. The van der Waals surface area contributed by atoms with Crippen LogP contribution in [0.5, 0.6) is 0 Å². The summed E-state index contributed by atoms with van der Waals surface area (Å²) in [6.45, 7) is 6.44. The monoisotopic (exact) mass is 893 g/mol. The van der Waals surface area contributed by atoms with Crippen molar-refractivity contribution in [3.8, 4) is 0 Å². The van der Waals surface area contributed by atoms with Crippen LogP contribution in [0.25, 0.3) is 0 Å². The molecule has 0 aromatic rings. The van der Waals surface area contributed by atoms with E-state index < -0.39 is 6.10 Å². The Kier molecular flexibility index (Phi) is 49.9. The van der Waals surface area contributed by atoms with Gasteiger partial charge < -0.3 is 14.2 Å². The van der Waals surface area contributed by atoms with E-state index in [4.69, 9.17) is 14.2 Å². The van der Waals surface area contributed by atoms with Gasteiger partial charge in [-0.15, -0.1) is 0 Å². The molecule has 0 aliphatic rings. The number of hydrogen-bond donors (Lipinski definition) is 0. The summed E-state index contributed by atoms with van der Waals surface area (Å²) in [5, 5.41) is 0. The van der Waals surface area contributed by atoms with Gasteiger partial charge in [-0.05, 0) is 77.0 Å². The van der Waals surface area contributed by atoms with Gasteiger partial charge in [0, 0.05) is 19.3 Å². The van der Waals surface area contributed by atoms with Crippen molar-refractivity contribution in [2.24, 2.45) is 0 Å². The highest BCUT2D eigenvalue weighted by Gasteiger charge is 2.19. The number of carbonyl (C=O) groups is 3. The van der Waals surface area contributed by atoms with E-state index in [1.54, 1.807) is 0 Å². The van der Waals surface area contributed by atoms with Gasteiger partial charge in [0.15, 0.2) is 6.10 Å². The van der Waals surface area contributed by atoms with Crippen LogP contribution in [0.3, 0.4) is 0 Å². The lowest BCUT2D eigenvalue weighted by atomic mass is 10.0. The molecule has 0 aromatic heterocycles. The van der Waals surface area contributed by atoms with Gasteiger partial charge in [-0.2, -0.15) is 0 Å². The Morgan fingerprint density at radius 2 is 0.641 bits per heavy atom. The lowest BCUT2D eigenvalue weighted by molar-refractivity contribution is -0.166. The quantitative estimate of drug-likeness (QED) is 0.0262. The summed E-state index contributed by atoms with van der Waals surface area (Å²) in [6.07, 6.45) is 66.1. The van der Waals surface area contributed by atoms with E-state index in [1.807, 2.05) is 6.08 Å². The smallest absolute Gasteiger partial charge is 0.306 e. The third-order valence-electron chi connectivity index (χ3n) is 11.5. The summed E-state index contributed by atoms with van der Waals surface area (Å²) in [5.74, 6) is -0.985. The van der Waals surface area contributed by atoms with Crippen LogP contribution < -0.4 is 0 Å². The third-order valence-corrected chi connectivity index (χ3v) is 11.5. The summed E-state index contributed by atoms with van der Waals surface area (Å²) in [6, 6.07) is 0. The molecule has 6 heteroatoms. The average Bonchev–Trinajstić information content (AvgIpc) is 3.29. The molecular formula is C58H100O6. The zero-order valence-corrected chi connectivity index (χ0v) is 42.0. The largest absolute Gasteiger partial charge is 0.462 e. The summed E-state index contributed by atoms with van der Waals surface area (Å²) in [5.41, 5.74) is 0. The van der Waals surface area contributed by atoms with Crippen LogP contribution in [0.4, 0.5) is 0 Å². The molecule has 0 saturated heterocycles. The van der Waals surface area contributed by atoms with Gasteiger partial charge >= 0.3 is 17.9 Å². The lowest BCUT2D eigenvalue weighted by Crippen LogP contribution is -2.30. The van der Waals surface area contributed by atoms with Gasteiger partial charge in [-0.3, -0.25) is 14.4 Å². The molecule has 0 amide bonds. The minimum absolute atomic E-state index is 0.0998. The van der Waals surface area contributed by atoms with Crippen molar-refractivity contribution < 1.29 is 28.6 Å². The van der Waals surface area contributed by atoms with Crippen LogP contribution in [0.15, 0.2) is 72.9 Å². The predicted octanol–water partition coefficient (Wildman–Crippen LogP) is 17.8. The van der Waals surface area contributed by atoms with Crippen LogP contribution >= 0.6 is 0 Å². The van der Waals surface area contributed by atoms with Crippen molar-refractivity contribution in [1.82, 2.24) is 0 Å².